The molecule has 0 radical (unpaired) electrons. The lowest BCUT2D eigenvalue weighted by atomic mass is 10.1. The lowest BCUT2D eigenvalue weighted by Gasteiger charge is -2.04. The van der Waals surface area contributed by atoms with Crippen molar-refractivity contribution >= 4 is 57.4 Å². The maximum atomic E-state index is 4.58. The Morgan fingerprint density at radius 1 is 1.17 bits per heavy atom. The number of thiol groups is 1. The maximum absolute atomic E-state index is 4.58. The zero-order valence-electron chi connectivity index (χ0n) is 12.3. The molecule has 0 spiro atoms. The topological polar surface area (TPSA) is 37.3 Å². The number of anilines is 1. The van der Waals surface area contributed by atoms with Gasteiger partial charge < -0.3 is 0 Å². The van der Waals surface area contributed by atoms with Crippen molar-refractivity contribution in [2.45, 2.75) is 11.8 Å². The third-order valence-corrected chi connectivity index (χ3v) is 5.11. The summed E-state index contributed by atoms with van der Waals surface area (Å²) in [5.41, 5.74) is 6.98. The number of halogens is 1. The van der Waals surface area contributed by atoms with E-state index in [1.54, 1.807) is 0 Å². The summed E-state index contributed by atoms with van der Waals surface area (Å²) in [4.78, 5) is 5.49. The lowest BCUT2D eigenvalue weighted by Crippen LogP contribution is -2.00. The molecule has 3 nitrogen and oxygen atoms in total. The van der Waals surface area contributed by atoms with Crippen LogP contribution in [-0.4, -0.2) is 10.7 Å². The van der Waals surface area contributed by atoms with E-state index in [9.17, 15) is 0 Å². The molecule has 1 aromatic heterocycles. The molecule has 0 saturated carbocycles. The monoisotopic (exact) mass is 451 g/mol. The molecule has 0 fully saturated rings. The summed E-state index contributed by atoms with van der Waals surface area (Å²) in [6.45, 7) is 1.95. The smallest absolute Gasteiger partial charge is 0.203 e. The van der Waals surface area contributed by atoms with E-state index in [-0.39, 0.29) is 0 Å². The molecule has 23 heavy (non-hydrogen) atoms. The SMILES string of the molecule is C/C(=N/Nc1nc(-c2ccc(I)cc2)cs1)c1ccccc1S. The first kappa shape index (κ1) is 16.5. The summed E-state index contributed by atoms with van der Waals surface area (Å²) in [5.74, 6) is 0. The van der Waals surface area contributed by atoms with E-state index in [0.717, 1.165) is 32.6 Å². The van der Waals surface area contributed by atoms with E-state index < -0.39 is 0 Å². The molecule has 1 heterocycles. The van der Waals surface area contributed by atoms with Gasteiger partial charge in [-0.3, -0.25) is 5.43 Å². The van der Waals surface area contributed by atoms with Crippen LogP contribution in [0.2, 0.25) is 0 Å². The van der Waals surface area contributed by atoms with Gasteiger partial charge in [0.15, 0.2) is 0 Å². The van der Waals surface area contributed by atoms with E-state index in [4.69, 9.17) is 0 Å². The van der Waals surface area contributed by atoms with Crippen molar-refractivity contribution in [2.75, 3.05) is 5.43 Å². The van der Waals surface area contributed by atoms with Crippen LogP contribution in [-0.2, 0) is 0 Å². The van der Waals surface area contributed by atoms with E-state index in [1.807, 2.05) is 36.6 Å². The van der Waals surface area contributed by atoms with Gasteiger partial charge in [-0.1, -0.05) is 30.3 Å². The molecule has 0 aliphatic heterocycles. The van der Waals surface area contributed by atoms with Gasteiger partial charge in [0.25, 0.3) is 0 Å². The third kappa shape index (κ3) is 4.13. The Hall–Kier alpha value is -1.38. The van der Waals surface area contributed by atoms with Gasteiger partial charge in [0, 0.05) is 25.0 Å². The van der Waals surface area contributed by atoms with Gasteiger partial charge in [0.05, 0.1) is 11.4 Å². The molecule has 116 valence electrons. The summed E-state index contributed by atoms with van der Waals surface area (Å²) in [7, 11) is 0. The third-order valence-electron chi connectivity index (χ3n) is 3.26. The second kappa shape index (κ2) is 7.46. The first-order valence-corrected chi connectivity index (χ1v) is 9.34. The van der Waals surface area contributed by atoms with Crippen molar-refractivity contribution in [1.82, 2.24) is 4.98 Å². The Labute approximate surface area is 158 Å². The molecule has 3 rings (SSSR count). The number of nitrogens with zero attached hydrogens (tertiary/aromatic N) is 2. The highest BCUT2D eigenvalue weighted by Gasteiger charge is 2.05. The molecule has 0 unspecified atom stereocenters. The van der Waals surface area contributed by atoms with Gasteiger partial charge in [0.1, 0.15) is 0 Å². The van der Waals surface area contributed by atoms with Crippen molar-refractivity contribution in [1.29, 1.82) is 0 Å². The molecular weight excluding hydrogens is 437 g/mol. The average molecular weight is 451 g/mol. The Morgan fingerprint density at radius 2 is 1.91 bits per heavy atom. The second-order valence-electron chi connectivity index (χ2n) is 4.87. The van der Waals surface area contributed by atoms with Crippen LogP contribution in [0.4, 0.5) is 5.13 Å². The predicted molar refractivity (Wildman–Crippen MR) is 110 cm³/mol. The minimum atomic E-state index is 0.773. The molecule has 0 amide bonds. The number of benzene rings is 2. The first-order valence-electron chi connectivity index (χ1n) is 6.93. The number of thiazole rings is 1. The van der Waals surface area contributed by atoms with Crippen molar-refractivity contribution in [3.63, 3.8) is 0 Å². The summed E-state index contributed by atoms with van der Waals surface area (Å²) < 4.78 is 1.21. The summed E-state index contributed by atoms with van der Waals surface area (Å²) in [6, 6.07) is 16.2. The molecule has 0 aliphatic rings. The number of aromatic nitrogens is 1. The minimum Gasteiger partial charge on any atom is -0.252 e. The van der Waals surface area contributed by atoms with E-state index >= 15 is 0 Å². The fraction of sp³-hybridized carbons (Fsp3) is 0.0588. The van der Waals surface area contributed by atoms with Crippen LogP contribution < -0.4 is 5.43 Å². The van der Waals surface area contributed by atoms with Crippen molar-refractivity contribution in [3.05, 3.63) is 63.0 Å². The molecule has 0 saturated heterocycles. The van der Waals surface area contributed by atoms with Gasteiger partial charge in [-0.2, -0.15) is 5.10 Å². The molecule has 0 atom stereocenters. The fourth-order valence-corrected chi connectivity index (χ4v) is 3.39. The highest BCUT2D eigenvalue weighted by atomic mass is 127. The average Bonchev–Trinajstić information content (AvgIpc) is 3.03. The van der Waals surface area contributed by atoms with Crippen molar-refractivity contribution in [3.8, 4) is 11.3 Å². The second-order valence-corrected chi connectivity index (χ2v) is 7.46. The van der Waals surface area contributed by atoms with E-state index in [1.165, 1.54) is 14.9 Å². The molecule has 2 aromatic carbocycles. The Bertz CT molecular complexity index is 841. The van der Waals surface area contributed by atoms with Gasteiger partial charge in [-0.25, -0.2) is 4.98 Å². The van der Waals surface area contributed by atoms with Crippen LogP contribution in [0.3, 0.4) is 0 Å². The summed E-state index contributed by atoms with van der Waals surface area (Å²) in [5, 5.41) is 7.21. The zero-order valence-corrected chi connectivity index (χ0v) is 16.2. The number of hydrogen-bond acceptors (Lipinski definition) is 5. The normalized spacial score (nSPS) is 11.5. The summed E-state index contributed by atoms with van der Waals surface area (Å²) in [6.07, 6.45) is 0. The molecule has 3 aromatic rings. The Morgan fingerprint density at radius 3 is 2.65 bits per heavy atom. The molecule has 1 N–H and O–H groups in total. The summed E-state index contributed by atoms with van der Waals surface area (Å²) >= 11 is 8.29. The molecular formula is C17H14IN3S2. The highest BCUT2D eigenvalue weighted by Crippen LogP contribution is 2.25. The number of hydrazone groups is 1. The zero-order chi connectivity index (χ0) is 16.2. The van der Waals surface area contributed by atoms with Gasteiger partial charge in [0.2, 0.25) is 5.13 Å². The number of rotatable bonds is 4. The standard InChI is InChI=1S/C17H14IN3S2/c1-11(14-4-2-3-5-16(14)22)20-21-17-19-15(10-23-17)12-6-8-13(18)9-7-12/h2-10,22H,1H3,(H,19,21)/b20-11-. The predicted octanol–water partition coefficient (Wildman–Crippen LogP) is 5.54. The van der Waals surface area contributed by atoms with Crippen LogP contribution in [0.25, 0.3) is 11.3 Å². The largest absolute Gasteiger partial charge is 0.252 e. The van der Waals surface area contributed by atoms with Gasteiger partial charge >= 0.3 is 0 Å². The van der Waals surface area contributed by atoms with Crippen LogP contribution in [0.15, 0.2) is 63.9 Å². The molecule has 6 heteroatoms. The van der Waals surface area contributed by atoms with Crippen LogP contribution in [0.5, 0.6) is 0 Å². The molecule has 0 bridgehead atoms. The van der Waals surface area contributed by atoms with Crippen LogP contribution >= 0.6 is 46.6 Å². The quantitative estimate of drug-likeness (QED) is 0.237. The van der Waals surface area contributed by atoms with E-state index in [2.05, 4.69) is 75.0 Å². The van der Waals surface area contributed by atoms with Crippen LogP contribution in [0, 0.1) is 3.57 Å². The number of hydrogen-bond donors (Lipinski definition) is 2. The van der Waals surface area contributed by atoms with E-state index in [0.29, 0.717) is 0 Å². The van der Waals surface area contributed by atoms with Crippen molar-refractivity contribution < 1.29 is 0 Å². The first-order chi connectivity index (χ1) is 11.1. The fourth-order valence-electron chi connectivity index (χ4n) is 2.05. The number of nitrogens with one attached hydrogen (secondary N) is 1. The van der Waals surface area contributed by atoms with Crippen LogP contribution in [0.1, 0.15) is 12.5 Å². The maximum Gasteiger partial charge on any atom is 0.203 e. The Balaban J connectivity index is 1.75. The highest BCUT2D eigenvalue weighted by molar-refractivity contribution is 14.1. The van der Waals surface area contributed by atoms with Gasteiger partial charge in [-0.05, 0) is 47.7 Å². The molecule has 0 aliphatic carbocycles. The lowest BCUT2D eigenvalue weighted by molar-refractivity contribution is 1.26. The van der Waals surface area contributed by atoms with Crippen molar-refractivity contribution in [2.24, 2.45) is 5.10 Å². The minimum absolute atomic E-state index is 0.773. The Kier molecular flexibility index (Phi) is 5.34. The van der Waals surface area contributed by atoms with Gasteiger partial charge in [-0.15, -0.1) is 24.0 Å².